The second kappa shape index (κ2) is 7.53. The lowest BCUT2D eigenvalue weighted by molar-refractivity contribution is 0.0109. The number of nitrogens with one attached hydrogen (secondary N) is 1. The lowest BCUT2D eigenvalue weighted by Gasteiger charge is -2.27. The van der Waals surface area contributed by atoms with E-state index in [-0.39, 0.29) is 11.5 Å². The van der Waals surface area contributed by atoms with Crippen molar-refractivity contribution >= 4 is 29.1 Å². The molecule has 0 aliphatic carbocycles. The Hall–Kier alpha value is -2.28. The molecular formula is C18H19ClF2N4O. The van der Waals surface area contributed by atoms with E-state index in [0.29, 0.717) is 23.8 Å². The summed E-state index contributed by atoms with van der Waals surface area (Å²) >= 11 is 5.92. The van der Waals surface area contributed by atoms with Gasteiger partial charge < -0.3 is 10.2 Å². The van der Waals surface area contributed by atoms with Gasteiger partial charge in [0, 0.05) is 36.9 Å². The molecule has 0 spiro atoms. The lowest BCUT2D eigenvalue weighted by atomic mass is 10.1. The minimum absolute atomic E-state index is 0.0148. The molecule has 1 aliphatic rings. The minimum atomic E-state index is -3.27. The Balaban J connectivity index is 1.92. The van der Waals surface area contributed by atoms with Crippen LogP contribution in [0.2, 0.25) is 5.02 Å². The molecule has 0 unspecified atom stereocenters. The maximum atomic E-state index is 14.1. The van der Waals surface area contributed by atoms with Crippen LogP contribution in [0.25, 0.3) is 0 Å². The van der Waals surface area contributed by atoms with E-state index in [0.717, 1.165) is 26.2 Å². The largest absolute Gasteiger partial charge is 0.339 e. The molecule has 2 heterocycles. The number of likely N-dealkylation sites (tertiary alicyclic amines) is 1. The van der Waals surface area contributed by atoms with E-state index in [9.17, 15) is 13.6 Å². The van der Waals surface area contributed by atoms with Gasteiger partial charge in [0.05, 0.1) is 5.56 Å². The van der Waals surface area contributed by atoms with Gasteiger partial charge >= 0.3 is 0 Å². The van der Waals surface area contributed by atoms with E-state index >= 15 is 0 Å². The second-order valence-corrected chi connectivity index (χ2v) is 6.77. The molecule has 2 aromatic rings. The van der Waals surface area contributed by atoms with E-state index < -0.39 is 17.5 Å². The van der Waals surface area contributed by atoms with E-state index in [1.165, 1.54) is 6.20 Å². The molecule has 5 nitrogen and oxygen atoms in total. The number of carbonyl (C=O) groups excluding carboxylic acids is 1. The summed E-state index contributed by atoms with van der Waals surface area (Å²) < 4.78 is 28.2. The van der Waals surface area contributed by atoms with Crippen molar-refractivity contribution in [2.45, 2.75) is 32.1 Å². The smallest absolute Gasteiger partial charge is 0.287 e. The van der Waals surface area contributed by atoms with Crippen molar-refractivity contribution in [3.8, 4) is 0 Å². The number of benzene rings is 1. The number of halogens is 3. The first-order chi connectivity index (χ1) is 12.3. The van der Waals surface area contributed by atoms with E-state index in [1.807, 2.05) is 0 Å². The normalized spacial score (nSPS) is 15.0. The molecule has 1 aromatic heterocycles. The fourth-order valence-electron chi connectivity index (χ4n) is 2.90. The summed E-state index contributed by atoms with van der Waals surface area (Å²) in [5, 5.41) is 3.33. The molecule has 1 amide bonds. The Labute approximate surface area is 155 Å². The number of rotatable bonds is 4. The van der Waals surface area contributed by atoms with Gasteiger partial charge in [-0.1, -0.05) is 17.7 Å². The number of amides is 1. The van der Waals surface area contributed by atoms with Crippen molar-refractivity contribution in [1.82, 2.24) is 14.9 Å². The number of hydrogen-bond donors (Lipinski definition) is 1. The molecule has 3 rings (SSSR count). The number of hydrogen-bond acceptors (Lipinski definition) is 4. The Kier molecular flexibility index (Phi) is 5.36. The Morgan fingerprint density at radius 3 is 2.65 bits per heavy atom. The molecule has 0 radical (unpaired) electrons. The van der Waals surface area contributed by atoms with Gasteiger partial charge in [0.1, 0.15) is 5.69 Å². The zero-order valence-corrected chi connectivity index (χ0v) is 15.1. The van der Waals surface area contributed by atoms with Crippen LogP contribution in [-0.2, 0) is 5.92 Å². The highest BCUT2D eigenvalue weighted by Crippen LogP contribution is 2.30. The molecule has 1 fully saturated rings. The minimum Gasteiger partial charge on any atom is -0.339 e. The molecule has 0 atom stereocenters. The van der Waals surface area contributed by atoms with Crippen LogP contribution in [0.4, 0.5) is 20.4 Å². The third kappa shape index (κ3) is 4.27. The summed E-state index contributed by atoms with van der Waals surface area (Å²) in [5.74, 6) is -3.73. The van der Waals surface area contributed by atoms with Gasteiger partial charge in [0.15, 0.2) is 0 Å². The van der Waals surface area contributed by atoms with Crippen LogP contribution in [0.3, 0.4) is 0 Å². The van der Waals surface area contributed by atoms with Gasteiger partial charge in [0.25, 0.3) is 11.8 Å². The van der Waals surface area contributed by atoms with Gasteiger partial charge in [-0.25, -0.2) is 9.97 Å². The Morgan fingerprint density at radius 1 is 1.27 bits per heavy atom. The standard InChI is InChI=1S/C18H19ClF2N4O/c1-18(20,21)15-14(16(26)25-8-3-2-4-9-25)11-22-17(24-15)23-13-7-5-6-12(19)10-13/h5-7,10-11H,2-4,8-9H2,1H3,(H,22,23,24). The molecule has 0 bridgehead atoms. The zero-order chi connectivity index (χ0) is 18.7. The van der Waals surface area contributed by atoms with Gasteiger partial charge in [-0.15, -0.1) is 0 Å². The molecule has 1 aromatic carbocycles. The fourth-order valence-corrected chi connectivity index (χ4v) is 3.09. The van der Waals surface area contributed by atoms with Gasteiger partial charge in [-0.05, 0) is 37.5 Å². The predicted molar refractivity (Wildman–Crippen MR) is 96.1 cm³/mol. The third-order valence-corrected chi connectivity index (χ3v) is 4.39. The van der Waals surface area contributed by atoms with Gasteiger partial charge in [0.2, 0.25) is 5.95 Å². The van der Waals surface area contributed by atoms with Gasteiger partial charge in [-0.3, -0.25) is 4.79 Å². The first-order valence-electron chi connectivity index (χ1n) is 8.42. The highest BCUT2D eigenvalue weighted by Gasteiger charge is 2.34. The molecule has 1 aliphatic heterocycles. The van der Waals surface area contributed by atoms with Crippen molar-refractivity contribution in [3.05, 3.63) is 46.7 Å². The third-order valence-electron chi connectivity index (χ3n) is 4.16. The maximum absolute atomic E-state index is 14.1. The number of aromatic nitrogens is 2. The van der Waals surface area contributed by atoms with E-state index in [1.54, 1.807) is 29.2 Å². The number of piperidine rings is 1. The van der Waals surface area contributed by atoms with Crippen LogP contribution in [0.15, 0.2) is 30.5 Å². The summed E-state index contributed by atoms with van der Waals surface area (Å²) in [5.41, 5.74) is -0.165. The number of anilines is 2. The molecule has 1 N–H and O–H groups in total. The number of nitrogens with zero attached hydrogens (tertiary/aromatic N) is 3. The predicted octanol–water partition coefficient (Wildman–Crippen LogP) is 4.61. The summed E-state index contributed by atoms with van der Waals surface area (Å²) in [6.07, 6.45) is 3.96. The van der Waals surface area contributed by atoms with Crippen LogP contribution >= 0.6 is 11.6 Å². The fraction of sp³-hybridized carbons (Fsp3) is 0.389. The number of carbonyl (C=O) groups is 1. The summed E-state index contributed by atoms with van der Waals surface area (Å²) in [7, 11) is 0. The van der Waals surface area contributed by atoms with Crippen LogP contribution in [0, 0.1) is 0 Å². The molecular weight excluding hydrogens is 362 g/mol. The van der Waals surface area contributed by atoms with Crippen molar-refractivity contribution in [1.29, 1.82) is 0 Å². The average Bonchev–Trinajstić information content (AvgIpc) is 2.61. The Bertz CT molecular complexity index is 804. The quantitative estimate of drug-likeness (QED) is 0.841. The van der Waals surface area contributed by atoms with Crippen molar-refractivity contribution in [3.63, 3.8) is 0 Å². The maximum Gasteiger partial charge on any atom is 0.287 e. The Morgan fingerprint density at radius 2 is 2.00 bits per heavy atom. The van der Waals surface area contributed by atoms with Crippen LogP contribution in [-0.4, -0.2) is 33.9 Å². The molecule has 0 saturated carbocycles. The monoisotopic (exact) mass is 380 g/mol. The molecule has 8 heteroatoms. The zero-order valence-electron chi connectivity index (χ0n) is 14.3. The number of alkyl halides is 2. The van der Waals surface area contributed by atoms with Crippen molar-refractivity contribution in [2.24, 2.45) is 0 Å². The molecule has 1 saturated heterocycles. The van der Waals surface area contributed by atoms with Gasteiger partial charge in [-0.2, -0.15) is 8.78 Å². The van der Waals surface area contributed by atoms with E-state index in [2.05, 4.69) is 15.3 Å². The average molecular weight is 381 g/mol. The van der Waals surface area contributed by atoms with Crippen LogP contribution < -0.4 is 5.32 Å². The topological polar surface area (TPSA) is 58.1 Å². The molecule has 26 heavy (non-hydrogen) atoms. The first-order valence-corrected chi connectivity index (χ1v) is 8.79. The first kappa shape index (κ1) is 18.5. The highest BCUT2D eigenvalue weighted by molar-refractivity contribution is 6.30. The van der Waals surface area contributed by atoms with Crippen molar-refractivity contribution in [2.75, 3.05) is 18.4 Å². The summed E-state index contributed by atoms with van der Waals surface area (Å²) in [6, 6.07) is 6.75. The SMILES string of the molecule is CC(F)(F)c1nc(Nc2cccc(Cl)c2)ncc1C(=O)N1CCCCC1. The highest BCUT2D eigenvalue weighted by atomic mass is 35.5. The summed E-state index contributed by atoms with van der Waals surface area (Å²) in [4.78, 5) is 22.2. The second-order valence-electron chi connectivity index (χ2n) is 6.33. The molecule has 138 valence electrons. The van der Waals surface area contributed by atoms with Crippen molar-refractivity contribution < 1.29 is 13.6 Å². The van der Waals surface area contributed by atoms with E-state index in [4.69, 9.17) is 11.6 Å². The lowest BCUT2D eigenvalue weighted by Crippen LogP contribution is -2.37. The summed E-state index contributed by atoms with van der Waals surface area (Å²) in [6.45, 7) is 1.86. The van der Waals surface area contributed by atoms with Crippen LogP contribution in [0.1, 0.15) is 42.2 Å². The van der Waals surface area contributed by atoms with Crippen LogP contribution in [0.5, 0.6) is 0 Å².